The van der Waals surface area contributed by atoms with Gasteiger partial charge in [0.25, 0.3) is 0 Å². The summed E-state index contributed by atoms with van der Waals surface area (Å²) in [5.41, 5.74) is 3.59. The highest BCUT2D eigenvalue weighted by atomic mass is 32.2. The first-order valence-corrected chi connectivity index (χ1v) is 12.8. The molecule has 8 heteroatoms. The molecule has 1 saturated heterocycles. The van der Waals surface area contributed by atoms with Crippen molar-refractivity contribution in [3.63, 3.8) is 0 Å². The van der Waals surface area contributed by atoms with Crippen LogP contribution in [0.5, 0.6) is 0 Å². The van der Waals surface area contributed by atoms with E-state index in [1.165, 1.54) is 16.5 Å². The summed E-state index contributed by atoms with van der Waals surface area (Å²) in [7, 11) is -2.49. The summed E-state index contributed by atoms with van der Waals surface area (Å²) in [6, 6.07) is 17.8. The fourth-order valence-corrected chi connectivity index (χ4v) is 4.32. The van der Waals surface area contributed by atoms with Crippen LogP contribution in [0.3, 0.4) is 0 Å². The summed E-state index contributed by atoms with van der Waals surface area (Å²) >= 11 is 0. The fourth-order valence-electron chi connectivity index (χ4n) is 3.94. The molecule has 32 heavy (non-hydrogen) atoms. The number of benzene rings is 2. The van der Waals surface area contributed by atoms with E-state index in [1.54, 1.807) is 6.20 Å². The van der Waals surface area contributed by atoms with Crippen LogP contribution in [-0.4, -0.2) is 54.8 Å². The highest BCUT2D eigenvalue weighted by Gasteiger charge is 2.28. The van der Waals surface area contributed by atoms with Crippen LogP contribution in [0.25, 0.3) is 11.3 Å². The minimum atomic E-state index is -2.49. The molecule has 1 aliphatic heterocycles. The SMILES string of the molecule is C=S(C)(=O)OCc1ccc(-c2cn(C(=O)N3CCCCC3Cc3ccccc3)nn2)cc1. The van der Waals surface area contributed by atoms with Gasteiger partial charge in [-0.1, -0.05) is 59.8 Å². The molecule has 1 fully saturated rings. The molecule has 0 N–H and O–H groups in total. The molecule has 2 heterocycles. The average molecular weight is 453 g/mol. The quantitative estimate of drug-likeness (QED) is 0.532. The molecular formula is C24H28N4O3S. The molecule has 1 amide bonds. The van der Waals surface area contributed by atoms with E-state index in [0.717, 1.165) is 43.4 Å². The molecule has 4 rings (SSSR count). The molecule has 2 unspecified atom stereocenters. The number of carbonyl (C=O) groups is 1. The largest absolute Gasteiger partial charge is 0.346 e. The Morgan fingerprint density at radius 3 is 2.59 bits per heavy atom. The van der Waals surface area contributed by atoms with Crippen molar-refractivity contribution >= 4 is 21.7 Å². The van der Waals surface area contributed by atoms with Crippen LogP contribution in [-0.2, 0) is 27.0 Å². The monoisotopic (exact) mass is 452 g/mol. The Morgan fingerprint density at radius 1 is 1.12 bits per heavy atom. The first-order chi connectivity index (χ1) is 15.4. The zero-order chi connectivity index (χ0) is 22.6. The van der Waals surface area contributed by atoms with Crippen molar-refractivity contribution < 1.29 is 13.2 Å². The summed E-state index contributed by atoms with van der Waals surface area (Å²) < 4.78 is 18.2. The normalized spacial score (nSPS) is 18.3. The van der Waals surface area contributed by atoms with Crippen molar-refractivity contribution in [2.75, 3.05) is 12.8 Å². The van der Waals surface area contributed by atoms with Gasteiger partial charge < -0.3 is 4.90 Å². The Kier molecular flexibility index (Phi) is 6.72. The molecule has 0 bridgehead atoms. The smallest absolute Gasteiger partial charge is 0.320 e. The first-order valence-electron chi connectivity index (χ1n) is 10.7. The van der Waals surface area contributed by atoms with Gasteiger partial charge in [-0.2, -0.15) is 4.68 Å². The number of rotatable bonds is 6. The van der Waals surface area contributed by atoms with E-state index in [9.17, 15) is 9.00 Å². The van der Waals surface area contributed by atoms with Crippen LogP contribution in [0.2, 0.25) is 0 Å². The number of nitrogens with zero attached hydrogens (tertiary/aromatic N) is 4. The van der Waals surface area contributed by atoms with Crippen LogP contribution < -0.4 is 0 Å². The predicted octanol–water partition coefficient (Wildman–Crippen LogP) is 3.79. The van der Waals surface area contributed by atoms with E-state index in [1.807, 2.05) is 47.4 Å². The molecule has 0 radical (unpaired) electrons. The third-order valence-corrected chi connectivity index (χ3v) is 6.22. The maximum absolute atomic E-state index is 13.2. The van der Waals surface area contributed by atoms with E-state index in [-0.39, 0.29) is 18.7 Å². The summed E-state index contributed by atoms with van der Waals surface area (Å²) in [5.74, 6) is 3.49. The van der Waals surface area contributed by atoms with Crippen molar-refractivity contribution in [2.24, 2.45) is 0 Å². The lowest BCUT2D eigenvalue weighted by molar-refractivity contribution is 0.149. The van der Waals surface area contributed by atoms with Crippen LogP contribution >= 0.6 is 0 Å². The van der Waals surface area contributed by atoms with Gasteiger partial charge in [-0.15, -0.1) is 5.10 Å². The van der Waals surface area contributed by atoms with Gasteiger partial charge in [0.1, 0.15) is 5.69 Å². The molecule has 2 aromatic carbocycles. The highest BCUT2D eigenvalue weighted by molar-refractivity contribution is 7.95. The molecular weight excluding hydrogens is 424 g/mol. The van der Waals surface area contributed by atoms with Crippen LogP contribution in [0.15, 0.2) is 60.8 Å². The highest BCUT2D eigenvalue weighted by Crippen LogP contribution is 2.23. The lowest BCUT2D eigenvalue weighted by Crippen LogP contribution is -2.46. The average Bonchev–Trinajstić information content (AvgIpc) is 3.29. The Labute approximate surface area is 189 Å². The maximum atomic E-state index is 13.2. The van der Waals surface area contributed by atoms with Crippen molar-refractivity contribution in [1.82, 2.24) is 19.9 Å². The van der Waals surface area contributed by atoms with Gasteiger partial charge in [-0.3, -0.25) is 4.18 Å². The first kappa shape index (κ1) is 22.2. The van der Waals surface area contributed by atoms with Crippen LogP contribution in [0.4, 0.5) is 4.79 Å². The number of hydrogen-bond acceptors (Lipinski definition) is 5. The zero-order valence-corrected chi connectivity index (χ0v) is 19.0. The Bertz CT molecular complexity index is 1160. The second kappa shape index (κ2) is 9.67. The molecule has 2 atom stereocenters. The summed E-state index contributed by atoms with van der Waals surface area (Å²) in [5, 5.41) is 8.31. The lowest BCUT2D eigenvalue weighted by Gasteiger charge is -2.35. The third-order valence-electron chi connectivity index (χ3n) is 5.60. The van der Waals surface area contributed by atoms with E-state index in [2.05, 4.69) is 28.3 Å². The van der Waals surface area contributed by atoms with E-state index >= 15 is 0 Å². The number of piperidine rings is 1. The van der Waals surface area contributed by atoms with Gasteiger partial charge in [0.2, 0.25) is 0 Å². The molecule has 0 aliphatic carbocycles. The molecule has 0 spiro atoms. The van der Waals surface area contributed by atoms with Crippen molar-refractivity contribution in [2.45, 2.75) is 38.3 Å². The van der Waals surface area contributed by atoms with Gasteiger partial charge in [-0.25, -0.2) is 9.00 Å². The zero-order valence-electron chi connectivity index (χ0n) is 18.2. The minimum Gasteiger partial charge on any atom is -0.320 e. The number of aromatic nitrogens is 3. The Hall–Kier alpha value is -2.97. The van der Waals surface area contributed by atoms with Gasteiger partial charge in [-0.05, 0) is 42.7 Å². The third kappa shape index (κ3) is 5.63. The molecule has 7 nitrogen and oxygen atoms in total. The summed E-state index contributed by atoms with van der Waals surface area (Å²) in [4.78, 5) is 15.1. The van der Waals surface area contributed by atoms with E-state index in [0.29, 0.717) is 5.69 Å². The second-order valence-corrected chi connectivity index (χ2v) is 10.3. The van der Waals surface area contributed by atoms with Crippen molar-refractivity contribution in [1.29, 1.82) is 0 Å². The minimum absolute atomic E-state index is 0.137. The van der Waals surface area contributed by atoms with Gasteiger partial charge in [0, 0.05) is 24.4 Å². The van der Waals surface area contributed by atoms with Gasteiger partial charge >= 0.3 is 6.03 Å². The maximum Gasteiger partial charge on any atom is 0.346 e. The number of amides is 1. The molecule has 0 saturated carbocycles. The Balaban J connectivity index is 1.45. The molecule has 3 aromatic rings. The number of carbonyl (C=O) groups excluding carboxylic acids is 1. The number of likely N-dealkylation sites (tertiary alicyclic amines) is 1. The number of hydrogen-bond donors (Lipinski definition) is 0. The molecule has 168 valence electrons. The second-order valence-electron chi connectivity index (χ2n) is 8.25. The Morgan fingerprint density at radius 2 is 1.88 bits per heavy atom. The van der Waals surface area contributed by atoms with Gasteiger partial charge in [0.05, 0.1) is 22.6 Å². The van der Waals surface area contributed by atoms with E-state index < -0.39 is 9.80 Å². The van der Waals surface area contributed by atoms with Crippen molar-refractivity contribution in [3.8, 4) is 11.3 Å². The molecule has 1 aromatic heterocycles. The molecule has 1 aliphatic rings. The lowest BCUT2D eigenvalue weighted by atomic mass is 9.96. The fraction of sp³-hybridized carbons (Fsp3) is 0.333. The van der Waals surface area contributed by atoms with E-state index in [4.69, 9.17) is 4.18 Å². The van der Waals surface area contributed by atoms with Crippen LogP contribution in [0, 0.1) is 0 Å². The predicted molar refractivity (Wildman–Crippen MR) is 127 cm³/mol. The summed E-state index contributed by atoms with van der Waals surface area (Å²) in [6.07, 6.45) is 7.10. The topological polar surface area (TPSA) is 77.3 Å². The van der Waals surface area contributed by atoms with Gasteiger partial charge in [0.15, 0.2) is 0 Å². The standard InChI is InChI=1S/C24H28N4O3S/c1-32(2,30)31-18-20-11-13-21(14-12-20)23-17-28(26-25-23)24(29)27-15-7-6-10-22(27)16-19-8-4-3-5-9-19/h3-5,8-9,11-14,17,22H,1,6-7,10,15-16,18H2,2H3. The summed E-state index contributed by atoms with van der Waals surface area (Å²) in [6.45, 7) is 0.954. The van der Waals surface area contributed by atoms with Crippen molar-refractivity contribution in [3.05, 3.63) is 71.9 Å². The van der Waals surface area contributed by atoms with Crippen LogP contribution in [0.1, 0.15) is 30.4 Å².